The van der Waals surface area contributed by atoms with Crippen molar-refractivity contribution in [2.24, 2.45) is 29.1 Å². The first-order chi connectivity index (χ1) is 17.3. The molecule has 2 saturated carbocycles. The fourth-order valence-corrected chi connectivity index (χ4v) is 7.89. The molecule has 0 radical (unpaired) electrons. The largest absolute Gasteiger partial charge is 0.462 e. The number of aliphatic hydroxyl groups is 2. The first-order valence-corrected chi connectivity index (χ1v) is 14.0. The summed E-state index contributed by atoms with van der Waals surface area (Å²) >= 11 is 6.71. The molecule has 0 aromatic carbocycles. The molecule has 8 nitrogen and oxygen atoms in total. The number of rotatable bonds is 6. The molecule has 0 spiro atoms. The van der Waals surface area contributed by atoms with Gasteiger partial charge in [0.05, 0.1) is 29.6 Å². The van der Waals surface area contributed by atoms with E-state index >= 15 is 0 Å². The van der Waals surface area contributed by atoms with Crippen LogP contribution in [0.15, 0.2) is 12.2 Å². The van der Waals surface area contributed by atoms with Crippen LogP contribution in [0.25, 0.3) is 0 Å². The molecule has 2 N–H and O–H groups in total. The van der Waals surface area contributed by atoms with Gasteiger partial charge < -0.3 is 24.4 Å². The minimum Gasteiger partial charge on any atom is -0.462 e. The quantitative estimate of drug-likeness (QED) is 0.173. The summed E-state index contributed by atoms with van der Waals surface area (Å²) in [6.45, 7) is 12.8. The standard InChI is InChI=1S/C28H41ClO8/c1-7-8-9-10-17(31)19-14(3)20-23(32)28(34)15(4)26(33)37-24(28)21(29)13(2)11-12-18(35-16(5)30)27(20,6)25-22(19)36-25/h14-15,18-25,32,34H,2,7-12H2,1,3-6H3/t14-,15-,18+,19?,20+,21-,22-,23+,24-,25-,27+,28+/m0/s1. The van der Waals surface area contributed by atoms with Gasteiger partial charge in [0.2, 0.25) is 0 Å². The van der Waals surface area contributed by atoms with Gasteiger partial charge in [-0.2, -0.15) is 0 Å². The van der Waals surface area contributed by atoms with Crippen LogP contribution < -0.4 is 0 Å². The normalized spacial score (nSPS) is 47.2. The number of ketones is 1. The van der Waals surface area contributed by atoms with E-state index in [4.69, 9.17) is 25.8 Å². The third kappa shape index (κ3) is 4.46. The van der Waals surface area contributed by atoms with E-state index in [1.807, 2.05) is 13.8 Å². The first-order valence-electron chi connectivity index (χ1n) is 13.6. The lowest BCUT2D eigenvalue weighted by molar-refractivity contribution is -0.207. The van der Waals surface area contributed by atoms with Gasteiger partial charge in [0.1, 0.15) is 17.5 Å². The van der Waals surface area contributed by atoms with Crippen molar-refractivity contribution in [3.05, 3.63) is 12.2 Å². The number of unbranched alkanes of at least 4 members (excludes halogenated alkanes) is 2. The summed E-state index contributed by atoms with van der Waals surface area (Å²) < 4.78 is 17.6. The average molecular weight is 541 g/mol. The number of Topliss-reactive ketones (excluding diaryl/α,β-unsaturated/α-hetero) is 1. The molecule has 2 saturated heterocycles. The Balaban J connectivity index is 1.83. The molecule has 2 heterocycles. The zero-order valence-corrected chi connectivity index (χ0v) is 23.2. The van der Waals surface area contributed by atoms with Crippen LogP contribution in [-0.2, 0) is 28.6 Å². The summed E-state index contributed by atoms with van der Waals surface area (Å²) in [6.07, 6.45) is -0.378. The molecule has 12 atom stereocenters. The Hall–Kier alpha value is -1.48. The molecule has 4 aliphatic rings. The Morgan fingerprint density at radius 2 is 1.92 bits per heavy atom. The third-order valence-corrected chi connectivity index (χ3v) is 10.2. The van der Waals surface area contributed by atoms with Crippen molar-refractivity contribution < 1.29 is 38.8 Å². The van der Waals surface area contributed by atoms with Crippen LogP contribution in [0.1, 0.15) is 73.1 Å². The molecule has 0 amide bonds. The second-order valence-electron chi connectivity index (χ2n) is 11.8. The van der Waals surface area contributed by atoms with Crippen LogP contribution in [0.4, 0.5) is 0 Å². The number of carbonyl (C=O) groups is 3. The van der Waals surface area contributed by atoms with Crippen molar-refractivity contribution in [2.75, 3.05) is 0 Å². The van der Waals surface area contributed by atoms with E-state index in [0.717, 1.165) is 19.3 Å². The van der Waals surface area contributed by atoms with Crippen LogP contribution in [0.5, 0.6) is 0 Å². The summed E-state index contributed by atoms with van der Waals surface area (Å²) in [5, 5.41) is 23.3. The predicted molar refractivity (Wildman–Crippen MR) is 136 cm³/mol. The van der Waals surface area contributed by atoms with Crippen molar-refractivity contribution >= 4 is 29.3 Å². The lowest BCUT2D eigenvalue weighted by Gasteiger charge is -2.54. The number of hydrogen-bond acceptors (Lipinski definition) is 8. The van der Waals surface area contributed by atoms with E-state index in [1.54, 1.807) is 0 Å². The third-order valence-electron chi connectivity index (χ3n) is 9.69. The molecule has 37 heavy (non-hydrogen) atoms. The maximum Gasteiger partial charge on any atom is 0.312 e. The fraction of sp³-hybridized carbons (Fsp3) is 0.821. The second kappa shape index (κ2) is 10.2. The first kappa shape index (κ1) is 28.5. The molecule has 0 aromatic heterocycles. The Morgan fingerprint density at radius 3 is 2.54 bits per heavy atom. The second-order valence-corrected chi connectivity index (χ2v) is 12.3. The SMILES string of the molecule is C=C1CC[C@@H](OC(C)=O)[C@]2(C)[C@@H]([C@@H](O)[C@]3(O)[C@@H](C)C(=O)O[C@H]3[C@H]1Cl)[C@@H](C)C(C(=O)CCCCC)[C@@H]1O[C@@H]12. The highest BCUT2D eigenvalue weighted by Gasteiger charge is 2.74. The highest BCUT2D eigenvalue weighted by atomic mass is 35.5. The molecule has 4 rings (SSSR count). The monoisotopic (exact) mass is 540 g/mol. The predicted octanol–water partition coefficient (Wildman–Crippen LogP) is 3.33. The number of fused-ring (bicyclic) bond motifs is 4. The summed E-state index contributed by atoms with van der Waals surface area (Å²) in [5.41, 5.74) is -2.47. The van der Waals surface area contributed by atoms with Gasteiger partial charge in [0, 0.05) is 30.6 Å². The van der Waals surface area contributed by atoms with Crippen molar-refractivity contribution in [1.82, 2.24) is 0 Å². The fourth-order valence-electron chi connectivity index (χ4n) is 7.52. The summed E-state index contributed by atoms with van der Waals surface area (Å²) in [4.78, 5) is 38.4. The molecule has 1 unspecified atom stereocenters. The topological polar surface area (TPSA) is 123 Å². The highest BCUT2D eigenvalue weighted by Crippen LogP contribution is 2.63. The number of carbonyl (C=O) groups excluding carboxylic acids is 3. The Labute approximate surface area is 224 Å². The number of esters is 2. The molecule has 0 bridgehead atoms. The van der Waals surface area contributed by atoms with E-state index in [9.17, 15) is 24.6 Å². The maximum absolute atomic E-state index is 13.4. The van der Waals surface area contributed by atoms with E-state index in [1.165, 1.54) is 13.8 Å². The minimum atomic E-state index is -2.04. The highest BCUT2D eigenvalue weighted by molar-refractivity contribution is 6.23. The Kier molecular flexibility index (Phi) is 7.90. The average Bonchev–Trinajstić information content (AvgIpc) is 3.59. The van der Waals surface area contributed by atoms with E-state index in [2.05, 4.69) is 13.5 Å². The van der Waals surface area contributed by atoms with Gasteiger partial charge in [-0.05, 0) is 32.1 Å². The Bertz CT molecular complexity index is 952. The van der Waals surface area contributed by atoms with Crippen molar-refractivity contribution in [3.8, 4) is 0 Å². The number of alkyl halides is 1. The van der Waals surface area contributed by atoms with Crippen molar-refractivity contribution in [2.45, 2.75) is 115 Å². The molecule has 208 valence electrons. The molecule has 2 aliphatic heterocycles. The number of epoxide rings is 1. The smallest absolute Gasteiger partial charge is 0.312 e. The Morgan fingerprint density at radius 1 is 1.24 bits per heavy atom. The number of aliphatic hydroxyl groups excluding tert-OH is 1. The molecular formula is C28H41ClO8. The zero-order chi connectivity index (χ0) is 27.4. The minimum absolute atomic E-state index is 0.0720. The van der Waals surface area contributed by atoms with Gasteiger partial charge >= 0.3 is 11.9 Å². The molecular weight excluding hydrogens is 500 g/mol. The summed E-state index contributed by atoms with van der Waals surface area (Å²) in [5.74, 6) is -3.79. The van der Waals surface area contributed by atoms with Gasteiger partial charge in [-0.3, -0.25) is 14.4 Å². The maximum atomic E-state index is 13.4. The van der Waals surface area contributed by atoms with Gasteiger partial charge in [-0.15, -0.1) is 11.6 Å². The zero-order valence-electron chi connectivity index (χ0n) is 22.4. The lowest BCUT2D eigenvalue weighted by atomic mass is 9.51. The van der Waals surface area contributed by atoms with Gasteiger partial charge in [0.15, 0.2) is 6.10 Å². The van der Waals surface area contributed by atoms with Crippen LogP contribution in [-0.4, -0.2) is 69.4 Å². The van der Waals surface area contributed by atoms with Crippen molar-refractivity contribution in [1.29, 1.82) is 0 Å². The summed E-state index contributed by atoms with van der Waals surface area (Å²) in [7, 11) is 0. The number of hydrogen-bond donors (Lipinski definition) is 2. The van der Waals surface area contributed by atoms with E-state index in [-0.39, 0.29) is 11.9 Å². The van der Waals surface area contributed by atoms with Gasteiger partial charge in [0.25, 0.3) is 0 Å². The molecule has 4 fully saturated rings. The number of ether oxygens (including phenoxy) is 3. The lowest BCUT2D eigenvalue weighted by Crippen LogP contribution is -2.67. The number of halogens is 1. The van der Waals surface area contributed by atoms with E-state index < -0.39 is 76.4 Å². The molecule has 0 aromatic rings. The van der Waals surface area contributed by atoms with Crippen LogP contribution in [0, 0.1) is 29.1 Å². The van der Waals surface area contributed by atoms with Crippen molar-refractivity contribution in [3.63, 3.8) is 0 Å². The summed E-state index contributed by atoms with van der Waals surface area (Å²) in [6, 6.07) is 0. The van der Waals surface area contributed by atoms with E-state index in [0.29, 0.717) is 24.8 Å². The molecule has 2 aliphatic carbocycles. The van der Waals surface area contributed by atoms with Gasteiger partial charge in [-0.1, -0.05) is 45.8 Å². The van der Waals surface area contributed by atoms with Crippen LogP contribution in [0.3, 0.4) is 0 Å². The molecule has 9 heteroatoms. The van der Waals surface area contributed by atoms with Crippen LogP contribution >= 0.6 is 11.6 Å². The van der Waals surface area contributed by atoms with Gasteiger partial charge in [-0.25, -0.2) is 0 Å². The van der Waals surface area contributed by atoms with Crippen LogP contribution in [0.2, 0.25) is 0 Å².